The van der Waals surface area contributed by atoms with Crippen molar-refractivity contribution in [2.45, 2.75) is 33.2 Å². The number of carboxylic acid groups (broad SMARTS) is 1. The number of aliphatic carboxylic acids is 1. The van der Waals surface area contributed by atoms with Gasteiger partial charge in [-0.15, -0.1) is 0 Å². The number of carbonyl (C=O) groups excluding carboxylic acids is 1. The van der Waals surface area contributed by atoms with E-state index in [0.29, 0.717) is 12.5 Å². The minimum Gasteiger partial charge on any atom is -0.480 e. The summed E-state index contributed by atoms with van der Waals surface area (Å²) in [4.78, 5) is 26.7. The molecule has 0 aromatic rings. The maximum absolute atomic E-state index is 12.2. The average Bonchev–Trinajstić information content (AvgIpc) is 2.30. The minimum atomic E-state index is -0.975. The Morgan fingerprint density at radius 1 is 1.45 bits per heavy atom. The molecular formula is C14H27N3O3. The first-order valence-electron chi connectivity index (χ1n) is 7.25. The molecule has 2 unspecified atom stereocenters. The molecule has 0 radical (unpaired) electrons. The number of hydrogen-bond donors (Lipinski definition) is 2. The Balaban J connectivity index is 2.58. The molecule has 1 fully saturated rings. The Kier molecular flexibility index (Phi) is 6.26. The number of likely N-dealkylation sites (tertiary alicyclic amines) is 1. The number of rotatable bonds is 5. The summed E-state index contributed by atoms with van der Waals surface area (Å²) in [5.74, 6) is -0.351. The van der Waals surface area contributed by atoms with Crippen molar-refractivity contribution < 1.29 is 14.7 Å². The van der Waals surface area contributed by atoms with Gasteiger partial charge in [-0.3, -0.25) is 4.79 Å². The molecule has 0 saturated carbocycles. The SMILES string of the molecule is CC(C)CN(CC(=O)O)C(=O)NC1CCN(C)CC1C. The summed E-state index contributed by atoms with van der Waals surface area (Å²) in [6.45, 7) is 8.18. The molecule has 1 aliphatic heterocycles. The van der Waals surface area contributed by atoms with Gasteiger partial charge in [-0.2, -0.15) is 0 Å². The highest BCUT2D eigenvalue weighted by molar-refractivity contribution is 5.80. The molecule has 0 aliphatic carbocycles. The van der Waals surface area contributed by atoms with Crippen molar-refractivity contribution in [3.05, 3.63) is 0 Å². The number of carbonyl (C=O) groups is 2. The minimum absolute atomic E-state index is 0.127. The molecule has 0 spiro atoms. The Hall–Kier alpha value is -1.30. The Morgan fingerprint density at radius 3 is 2.60 bits per heavy atom. The molecule has 0 bridgehead atoms. The number of amides is 2. The predicted octanol–water partition coefficient (Wildman–Crippen LogP) is 1.08. The third kappa shape index (κ3) is 5.36. The first-order chi connectivity index (χ1) is 9.29. The zero-order valence-electron chi connectivity index (χ0n) is 12.9. The van der Waals surface area contributed by atoms with Crippen molar-refractivity contribution in [1.29, 1.82) is 0 Å². The van der Waals surface area contributed by atoms with Crippen molar-refractivity contribution in [3.63, 3.8) is 0 Å². The van der Waals surface area contributed by atoms with Gasteiger partial charge in [0.05, 0.1) is 0 Å². The van der Waals surface area contributed by atoms with Crippen LogP contribution in [-0.2, 0) is 4.79 Å². The predicted molar refractivity (Wildman–Crippen MR) is 77.6 cm³/mol. The maximum atomic E-state index is 12.2. The van der Waals surface area contributed by atoms with Crippen LogP contribution in [0.4, 0.5) is 4.79 Å². The van der Waals surface area contributed by atoms with Gasteiger partial charge in [0.15, 0.2) is 0 Å². The van der Waals surface area contributed by atoms with Crippen LogP contribution in [0.5, 0.6) is 0 Å². The Bertz CT molecular complexity index is 347. The third-order valence-corrected chi connectivity index (χ3v) is 3.62. The normalized spacial score (nSPS) is 23.6. The van der Waals surface area contributed by atoms with Crippen LogP contribution in [-0.4, -0.2) is 66.2 Å². The number of nitrogens with one attached hydrogen (secondary N) is 1. The lowest BCUT2D eigenvalue weighted by Crippen LogP contribution is -2.53. The van der Waals surface area contributed by atoms with Gasteiger partial charge in [0.25, 0.3) is 0 Å². The van der Waals surface area contributed by atoms with Crippen molar-refractivity contribution in [3.8, 4) is 0 Å². The van der Waals surface area contributed by atoms with Crippen LogP contribution in [0.25, 0.3) is 0 Å². The van der Waals surface area contributed by atoms with Crippen molar-refractivity contribution in [2.75, 3.05) is 33.2 Å². The lowest BCUT2D eigenvalue weighted by Gasteiger charge is -2.36. The monoisotopic (exact) mass is 285 g/mol. The fourth-order valence-corrected chi connectivity index (χ4v) is 2.64. The lowest BCUT2D eigenvalue weighted by molar-refractivity contribution is -0.137. The second-order valence-electron chi connectivity index (χ2n) is 6.25. The molecule has 1 rings (SSSR count). The standard InChI is InChI=1S/C14H27N3O3/c1-10(2)7-17(9-13(18)19)14(20)15-12-5-6-16(4)8-11(12)3/h10-12H,5-9H2,1-4H3,(H,15,20)(H,18,19). The van der Waals surface area contributed by atoms with Crippen LogP contribution in [0.1, 0.15) is 27.2 Å². The van der Waals surface area contributed by atoms with Gasteiger partial charge in [-0.25, -0.2) is 4.79 Å². The van der Waals surface area contributed by atoms with E-state index in [0.717, 1.165) is 19.5 Å². The third-order valence-electron chi connectivity index (χ3n) is 3.62. The Morgan fingerprint density at radius 2 is 2.10 bits per heavy atom. The van der Waals surface area contributed by atoms with E-state index < -0.39 is 5.97 Å². The quantitative estimate of drug-likeness (QED) is 0.793. The second kappa shape index (κ2) is 7.47. The zero-order valence-corrected chi connectivity index (χ0v) is 12.9. The van der Waals surface area contributed by atoms with E-state index in [9.17, 15) is 9.59 Å². The maximum Gasteiger partial charge on any atom is 0.323 e. The van der Waals surface area contributed by atoms with Gasteiger partial charge >= 0.3 is 12.0 Å². The van der Waals surface area contributed by atoms with Gasteiger partial charge in [-0.05, 0) is 31.8 Å². The molecule has 6 nitrogen and oxygen atoms in total. The van der Waals surface area contributed by atoms with Crippen LogP contribution in [0.3, 0.4) is 0 Å². The molecule has 2 amide bonds. The molecule has 2 N–H and O–H groups in total. The van der Waals surface area contributed by atoms with E-state index in [4.69, 9.17) is 5.11 Å². The van der Waals surface area contributed by atoms with E-state index >= 15 is 0 Å². The van der Waals surface area contributed by atoms with Crippen molar-refractivity contribution in [1.82, 2.24) is 15.1 Å². The van der Waals surface area contributed by atoms with Gasteiger partial charge < -0.3 is 20.2 Å². The molecule has 1 aliphatic rings. The number of nitrogens with zero attached hydrogens (tertiary/aromatic N) is 2. The van der Waals surface area contributed by atoms with E-state index in [2.05, 4.69) is 24.2 Å². The van der Waals surface area contributed by atoms with Crippen molar-refractivity contribution >= 4 is 12.0 Å². The molecule has 1 heterocycles. The Labute approximate surface area is 121 Å². The van der Waals surface area contributed by atoms with Crippen LogP contribution in [0.15, 0.2) is 0 Å². The highest BCUT2D eigenvalue weighted by Crippen LogP contribution is 2.15. The van der Waals surface area contributed by atoms with E-state index in [1.807, 2.05) is 13.8 Å². The number of piperidine rings is 1. The summed E-state index contributed by atoms with van der Waals surface area (Å²) in [5.41, 5.74) is 0. The smallest absolute Gasteiger partial charge is 0.323 e. The second-order valence-corrected chi connectivity index (χ2v) is 6.25. The van der Waals surface area contributed by atoms with Crippen LogP contribution >= 0.6 is 0 Å². The molecule has 20 heavy (non-hydrogen) atoms. The summed E-state index contributed by atoms with van der Waals surface area (Å²) in [6.07, 6.45) is 0.909. The molecule has 0 aromatic heterocycles. The van der Waals surface area contributed by atoms with Gasteiger partial charge in [-0.1, -0.05) is 20.8 Å². The number of hydrogen-bond acceptors (Lipinski definition) is 3. The van der Waals surface area contributed by atoms with Crippen LogP contribution < -0.4 is 5.32 Å². The number of urea groups is 1. The van der Waals surface area contributed by atoms with Crippen LogP contribution in [0.2, 0.25) is 0 Å². The van der Waals surface area contributed by atoms with Gasteiger partial charge in [0.1, 0.15) is 6.54 Å². The zero-order chi connectivity index (χ0) is 15.3. The highest BCUT2D eigenvalue weighted by atomic mass is 16.4. The van der Waals surface area contributed by atoms with Gasteiger partial charge in [0, 0.05) is 19.1 Å². The first kappa shape index (κ1) is 16.8. The summed E-state index contributed by atoms with van der Waals surface area (Å²) in [5, 5.41) is 11.9. The molecule has 1 saturated heterocycles. The highest BCUT2D eigenvalue weighted by Gasteiger charge is 2.27. The van der Waals surface area contributed by atoms with Gasteiger partial charge in [0.2, 0.25) is 0 Å². The molecule has 116 valence electrons. The fourth-order valence-electron chi connectivity index (χ4n) is 2.64. The molecule has 2 atom stereocenters. The van der Waals surface area contributed by atoms with E-state index in [1.165, 1.54) is 4.90 Å². The molecule has 0 aromatic carbocycles. The summed E-state index contributed by atoms with van der Waals surface area (Å²) in [7, 11) is 2.07. The van der Waals surface area contributed by atoms with E-state index in [-0.39, 0.29) is 24.5 Å². The first-order valence-corrected chi connectivity index (χ1v) is 7.25. The molecular weight excluding hydrogens is 258 g/mol. The lowest BCUT2D eigenvalue weighted by atomic mass is 9.94. The largest absolute Gasteiger partial charge is 0.480 e. The summed E-state index contributed by atoms with van der Waals surface area (Å²) >= 11 is 0. The van der Waals surface area contributed by atoms with Crippen LogP contribution in [0, 0.1) is 11.8 Å². The molecule has 6 heteroatoms. The number of carboxylic acids is 1. The van der Waals surface area contributed by atoms with E-state index in [1.54, 1.807) is 0 Å². The topological polar surface area (TPSA) is 72.9 Å². The fraction of sp³-hybridized carbons (Fsp3) is 0.857. The summed E-state index contributed by atoms with van der Waals surface area (Å²) in [6, 6.07) is -0.135. The average molecular weight is 285 g/mol. The summed E-state index contributed by atoms with van der Waals surface area (Å²) < 4.78 is 0. The van der Waals surface area contributed by atoms with Crippen molar-refractivity contribution in [2.24, 2.45) is 11.8 Å².